The van der Waals surface area contributed by atoms with E-state index in [4.69, 9.17) is 5.14 Å². The first kappa shape index (κ1) is 10.6. The number of carbonyl (C=O) groups excluding carboxylic acids is 1. The fourth-order valence-electron chi connectivity index (χ4n) is 1.20. The minimum atomic E-state index is -4.76. The van der Waals surface area contributed by atoms with E-state index in [9.17, 15) is 18.0 Å². The predicted molar refractivity (Wildman–Crippen MR) is 42.8 cm³/mol. The lowest BCUT2D eigenvalue weighted by Crippen LogP contribution is -2.39. The van der Waals surface area contributed by atoms with Crippen molar-refractivity contribution in [3.05, 3.63) is 0 Å². The van der Waals surface area contributed by atoms with Crippen molar-refractivity contribution >= 4 is 17.9 Å². The summed E-state index contributed by atoms with van der Waals surface area (Å²) in [6.07, 6.45) is -4.23. The van der Waals surface area contributed by atoms with E-state index >= 15 is 0 Å². The van der Waals surface area contributed by atoms with Crippen LogP contribution in [0.3, 0.4) is 0 Å². The predicted octanol–water partition coefficient (Wildman–Crippen LogP) is 0.757. The minimum absolute atomic E-state index is 0.0636. The van der Waals surface area contributed by atoms with Gasteiger partial charge in [0.15, 0.2) is 0 Å². The van der Waals surface area contributed by atoms with E-state index in [0.29, 0.717) is 6.42 Å². The Morgan fingerprint density at radius 1 is 1.54 bits per heavy atom. The molecule has 1 aliphatic heterocycles. The summed E-state index contributed by atoms with van der Waals surface area (Å²) in [4.78, 5) is 11.5. The third-order valence-electron chi connectivity index (χ3n) is 1.87. The number of carbonyl (C=O) groups is 1. The van der Waals surface area contributed by atoms with Crippen LogP contribution in [0.1, 0.15) is 6.42 Å². The summed E-state index contributed by atoms with van der Waals surface area (Å²) in [5, 5.41) is 5.14. The van der Waals surface area contributed by atoms with Gasteiger partial charge in [0.25, 0.3) is 0 Å². The topological polar surface area (TPSA) is 46.3 Å². The number of nitrogens with two attached hydrogens (primary N) is 1. The molecule has 0 bridgehead atoms. The Morgan fingerprint density at radius 2 is 2.15 bits per heavy atom. The summed E-state index contributed by atoms with van der Waals surface area (Å²) >= 11 is 1.00. The van der Waals surface area contributed by atoms with Crippen LogP contribution < -0.4 is 5.14 Å². The first-order chi connectivity index (χ1) is 5.95. The van der Waals surface area contributed by atoms with Gasteiger partial charge in [-0.15, -0.1) is 0 Å². The van der Waals surface area contributed by atoms with E-state index in [1.54, 1.807) is 0 Å². The highest BCUT2D eigenvalue weighted by Gasteiger charge is 2.44. The Kier molecular flexibility index (Phi) is 3.07. The van der Waals surface area contributed by atoms with Crippen molar-refractivity contribution in [2.45, 2.75) is 17.8 Å². The molecule has 1 fully saturated rings. The van der Waals surface area contributed by atoms with Crippen molar-refractivity contribution in [1.29, 1.82) is 0 Å². The molecule has 2 N–H and O–H groups in total. The average molecular weight is 214 g/mol. The molecule has 0 radical (unpaired) electrons. The van der Waals surface area contributed by atoms with Crippen LogP contribution in [0, 0.1) is 0 Å². The molecule has 7 heteroatoms. The second-order valence-electron chi connectivity index (χ2n) is 2.80. The maximum absolute atomic E-state index is 11.9. The van der Waals surface area contributed by atoms with E-state index in [1.807, 2.05) is 0 Å². The normalized spacial score (nSPS) is 23.7. The first-order valence-electron chi connectivity index (χ1n) is 3.67. The van der Waals surface area contributed by atoms with Gasteiger partial charge in [-0.1, -0.05) is 11.9 Å². The molecule has 3 nitrogen and oxygen atoms in total. The molecule has 0 aromatic rings. The molecule has 0 aromatic heterocycles. The van der Waals surface area contributed by atoms with Crippen molar-refractivity contribution in [3.8, 4) is 0 Å². The van der Waals surface area contributed by atoms with E-state index in [2.05, 4.69) is 0 Å². The first-order valence-corrected chi connectivity index (χ1v) is 4.61. The van der Waals surface area contributed by atoms with Gasteiger partial charge in [0.2, 0.25) is 0 Å². The molecule has 0 spiro atoms. The van der Waals surface area contributed by atoms with Crippen molar-refractivity contribution in [2.75, 3.05) is 13.1 Å². The van der Waals surface area contributed by atoms with E-state index in [1.165, 1.54) is 0 Å². The molecule has 1 saturated heterocycles. The molecule has 0 aromatic carbocycles. The smallest absolute Gasteiger partial charge is 0.334 e. The second-order valence-corrected chi connectivity index (χ2v) is 3.73. The number of rotatable bonds is 1. The molecule has 1 atom stereocenters. The highest BCUT2D eigenvalue weighted by molar-refractivity contribution is 7.97. The Bertz CT molecular complexity index is 209. The van der Waals surface area contributed by atoms with Crippen LogP contribution in [0.4, 0.5) is 13.2 Å². The highest BCUT2D eigenvalue weighted by Crippen LogP contribution is 2.24. The lowest BCUT2D eigenvalue weighted by Gasteiger charge is -2.17. The summed E-state index contributed by atoms with van der Waals surface area (Å²) in [5.74, 6) is -1.76. The number of alkyl halides is 3. The standard InChI is InChI=1S/C6H9F3N2OS/c7-6(8,9)5(12)11-2-1-4(3-11)13-10/h4H,1-3,10H2. The van der Waals surface area contributed by atoms with Crippen molar-refractivity contribution in [1.82, 2.24) is 4.90 Å². The van der Waals surface area contributed by atoms with Gasteiger partial charge in [0.05, 0.1) is 0 Å². The van der Waals surface area contributed by atoms with E-state index in [-0.39, 0.29) is 18.3 Å². The van der Waals surface area contributed by atoms with Gasteiger partial charge >= 0.3 is 12.1 Å². The van der Waals surface area contributed by atoms with Crippen LogP contribution in [-0.2, 0) is 4.79 Å². The quantitative estimate of drug-likeness (QED) is 0.655. The zero-order valence-corrected chi connectivity index (χ0v) is 7.49. The van der Waals surface area contributed by atoms with Gasteiger partial charge in [0.1, 0.15) is 0 Å². The summed E-state index contributed by atoms with van der Waals surface area (Å²) in [7, 11) is 0. The maximum atomic E-state index is 11.9. The van der Waals surface area contributed by atoms with Crippen molar-refractivity contribution in [3.63, 3.8) is 0 Å². The summed E-state index contributed by atoms with van der Waals surface area (Å²) in [6.45, 7) is 0.243. The molecule has 1 unspecified atom stereocenters. The molecular weight excluding hydrogens is 205 g/mol. The number of hydrogen-bond acceptors (Lipinski definition) is 3. The third kappa shape index (κ3) is 2.50. The number of likely N-dealkylation sites (tertiary alicyclic amines) is 1. The Balaban J connectivity index is 2.52. The van der Waals surface area contributed by atoms with Gasteiger partial charge in [-0.05, 0) is 6.42 Å². The van der Waals surface area contributed by atoms with Crippen LogP contribution in [0.2, 0.25) is 0 Å². The lowest BCUT2D eigenvalue weighted by atomic mass is 10.4. The molecule has 1 amide bonds. The van der Waals surface area contributed by atoms with Gasteiger partial charge in [-0.2, -0.15) is 13.2 Å². The lowest BCUT2D eigenvalue weighted by molar-refractivity contribution is -0.184. The van der Waals surface area contributed by atoms with Gasteiger partial charge < -0.3 is 4.90 Å². The largest absolute Gasteiger partial charge is 0.471 e. The van der Waals surface area contributed by atoms with E-state index < -0.39 is 12.1 Å². The maximum Gasteiger partial charge on any atom is 0.471 e. The molecule has 1 heterocycles. The SMILES string of the molecule is NSC1CCN(C(=O)C(F)(F)F)C1. The average Bonchev–Trinajstić information content (AvgIpc) is 2.48. The molecule has 1 aliphatic rings. The fourth-order valence-corrected chi connectivity index (χ4v) is 1.71. The summed E-state index contributed by atoms with van der Waals surface area (Å²) in [6, 6.07) is 0. The molecule has 0 aliphatic carbocycles. The number of hydrogen-bond donors (Lipinski definition) is 1. The Hall–Kier alpha value is -0.430. The molecule has 1 rings (SSSR count). The number of nitrogens with zero attached hydrogens (tertiary/aromatic N) is 1. The fraction of sp³-hybridized carbons (Fsp3) is 0.833. The highest BCUT2D eigenvalue weighted by atomic mass is 32.2. The molecule has 76 valence electrons. The van der Waals surface area contributed by atoms with Gasteiger partial charge in [0, 0.05) is 18.3 Å². The minimum Gasteiger partial charge on any atom is -0.334 e. The van der Waals surface area contributed by atoms with Crippen LogP contribution in [0.25, 0.3) is 0 Å². The zero-order valence-electron chi connectivity index (χ0n) is 6.67. The Labute approximate surface area is 77.6 Å². The molecular formula is C6H9F3N2OS. The van der Waals surface area contributed by atoms with Crippen LogP contribution in [0.15, 0.2) is 0 Å². The third-order valence-corrected chi connectivity index (χ3v) is 2.64. The van der Waals surface area contributed by atoms with Gasteiger partial charge in [-0.3, -0.25) is 9.93 Å². The zero-order chi connectivity index (χ0) is 10.1. The number of halogens is 3. The van der Waals surface area contributed by atoms with Crippen LogP contribution >= 0.6 is 11.9 Å². The summed E-state index contributed by atoms with van der Waals surface area (Å²) in [5.41, 5.74) is 0. The summed E-state index contributed by atoms with van der Waals surface area (Å²) < 4.78 is 35.7. The molecule has 0 saturated carbocycles. The second kappa shape index (κ2) is 3.75. The van der Waals surface area contributed by atoms with Crippen molar-refractivity contribution in [2.24, 2.45) is 5.14 Å². The van der Waals surface area contributed by atoms with Crippen LogP contribution in [-0.4, -0.2) is 35.3 Å². The van der Waals surface area contributed by atoms with Gasteiger partial charge in [-0.25, -0.2) is 0 Å². The number of amides is 1. The Morgan fingerprint density at radius 3 is 2.54 bits per heavy atom. The monoisotopic (exact) mass is 214 g/mol. The van der Waals surface area contributed by atoms with Crippen molar-refractivity contribution < 1.29 is 18.0 Å². The molecule has 13 heavy (non-hydrogen) atoms. The van der Waals surface area contributed by atoms with Crippen LogP contribution in [0.5, 0.6) is 0 Å². The van der Waals surface area contributed by atoms with E-state index in [0.717, 1.165) is 16.8 Å².